The van der Waals surface area contributed by atoms with E-state index < -0.39 is 0 Å². The van der Waals surface area contributed by atoms with E-state index in [2.05, 4.69) is 16.4 Å². The molecule has 0 aromatic carbocycles. The maximum absolute atomic E-state index is 5.92. The van der Waals surface area contributed by atoms with Gasteiger partial charge in [-0.05, 0) is 29.5 Å². The van der Waals surface area contributed by atoms with Crippen molar-refractivity contribution in [3.8, 4) is 0 Å². The molecule has 0 unspecified atom stereocenters. The largest absolute Gasteiger partial charge is 0.309 e. The van der Waals surface area contributed by atoms with E-state index in [9.17, 15) is 0 Å². The monoisotopic (exact) mass is 206 g/mol. The van der Waals surface area contributed by atoms with Crippen molar-refractivity contribution in [2.45, 2.75) is 12.5 Å². The highest BCUT2D eigenvalue weighted by Crippen LogP contribution is 2.37. The lowest BCUT2D eigenvalue weighted by molar-refractivity contribution is 0.307. The van der Waals surface area contributed by atoms with Crippen LogP contribution in [0.25, 0.3) is 5.57 Å². The van der Waals surface area contributed by atoms with Crippen LogP contribution in [0.4, 0.5) is 0 Å². The van der Waals surface area contributed by atoms with Gasteiger partial charge < -0.3 is 5.32 Å². The molecule has 3 rings (SSSR count). The summed E-state index contributed by atoms with van der Waals surface area (Å²) in [4.78, 5) is 4.11. The molecule has 0 spiro atoms. The number of nitrogens with zero attached hydrogens (tertiary/aromatic N) is 1. The van der Waals surface area contributed by atoms with Gasteiger partial charge in [0.05, 0.1) is 5.02 Å². The van der Waals surface area contributed by atoms with Crippen LogP contribution in [0.15, 0.2) is 24.5 Å². The first kappa shape index (κ1) is 8.45. The van der Waals surface area contributed by atoms with Crippen molar-refractivity contribution in [1.29, 1.82) is 0 Å². The summed E-state index contributed by atoms with van der Waals surface area (Å²) >= 11 is 5.92. The van der Waals surface area contributed by atoms with Crippen LogP contribution in [0.2, 0.25) is 5.02 Å². The zero-order valence-corrected chi connectivity index (χ0v) is 8.46. The minimum absolute atomic E-state index is 0.551. The Bertz CT molecular complexity index is 400. The van der Waals surface area contributed by atoms with E-state index in [-0.39, 0.29) is 0 Å². The maximum Gasteiger partial charge on any atom is 0.0595 e. The van der Waals surface area contributed by atoms with Crippen molar-refractivity contribution in [2.24, 2.45) is 5.92 Å². The lowest BCUT2D eigenvalue weighted by Gasteiger charge is -2.34. The number of nitrogens with one attached hydrogen (secondary N) is 1. The van der Waals surface area contributed by atoms with Crippen molar-refractivity contribution >= 4 is 17.2 Å². The minimum atomic E-state index is 0.551. The summed E-state index contributed by atoms with van der Waals surface area (Å²) in [7, 11) is 0. The van der Waals surface area contributed by atoms with Crippen LogP contribution >= 0.6 is 11.6 Å². The number of aromatic nitrogens is 1. The second-order valence-corrected chi connectivity index (χ2v) is 4.37. The molecule has 2 heterocycles. The number of rotatable bonds is 1. The average Bonchev–Trinajstić information content (AvgIpc) is 2.41. The van der Waals surface area contributed by atoms with E-state index in [1.54, 1.807) is 6.20 Å². The van der Waals surface area contributed by atoms with Gasteiger partial charge in [-0.25, -0.2) is 0 Å². The first-order valence-electron chi connectivity index (χ1n) is 4.89. The summed E-state index contributed by atoms with van der Waals surface area (Å²) in [6.07, 6.45) is 7.06. The Labute approximate surface area is 88.0 Å². The summed E-state index contributed by atoms with van der Waals surface area (Å²) in [5.41, 5.74) is 2.54. The molecule has 0 amide bonds. The Morgan fingerprint density at radius 1 is 1.43 bits per heavy atom. The van der Waals surface area contributed by atoms with Gasteiger partial charge in [-0.3, -0.25) is 4.98 Å². The quantitative estimate of drug-likeness (QED) is 0.762. The molecule has 1 aromatic rings. The van der Waals surface area contributed by atoms with Gasteiger partial charge in [0.2, 0.25) is 0 Å². The highest BCUT2D eigenvalue weighted by atomic mass is 35.5. The van der Waals surface area contributed by atoms with E-state index in [4.69, 9.17) is 11.6 Å². The fourth-order valence-corrected chi connectivity index (χ4v) is 2.43. The van der Waals surface area contributed by atoms with Gasteiger partial charge >= 0.3 is 0 Å². The van der Waals surface area contributed by atoms with E-state index in [0.717, 1.165) is 18.0 Å². The third-order valence-corrected chi connectivity index (χ3v) is 3.29. The first-order chi connectivity index (χ1) is 6.84. The van der Waals surface area contributed by atoms with Crippen LogP contribution in [0.3, 0.4) is 0 Å². The Morgan fingerprint density at radius 3 is 3.00 bits per heavy atom. The zero-order valence-electron chi connectivity index (χ0n) is 7.70. The number of hydrogen-bond donors (Lipinski definition) is 1. The molecule has 1 N–H and O–H groups in total. The fourth-order valence-electron chi connectivity index (χ4n) is 2.26. The van der Waals surface area contributed by atoms with E-state index in [0.29, 0.717) is 11.1 Å². The third-order valence-electron chi connectivity index (χ3n) is 3.09. The second-order valence-electron chi connectivity index (χ2n) is 3.93. The standard InChI is InChI=1S/C11H11ClN2/c12-9-3-8(4-13-6-9)10-2-1-7-5-14-11(7)10/h2-4,6-7,11,14H,1,5H2/t7-,11+/m1/s1. The lowest BCUT2D eigenvalue weighted by Crippen LogP contribution is -2.50. The molecule has 0 saturated carbocycles. The van der Waals surface area contributed by atoms with Crippen molar-refractivity contribution in [1.82, 2.24) is 10.3 Å². The Hall–Kier alpha value is -0.860. The summed E-state index contributed by atoms with van der Waals surface area (Å²) in [5, 5.41) is 4.15. The zero-order chi connectivity index (χ0) is 9.54. The highest BCUT2D eigenvalue weighted by molar-refractivity contribution is 6.30. The normalized spacial score (nSPS) is 29.4. The Morgan fingerprint density at radius 2 is 2.36 bits per heavy atom. The molecule has 1 aromatic heterocycles. The summed E-state index contributed by atoms with van der Waals surface area (Å²) in [6, 6.07) is 2.54. The van der Waals surface area contributed by atoms with E-state index in [1.165, 1.54) is 12.0 Å². The van der Waals surface area contributed by atoms with Gasteiger partial charge in [0, 0.05) is 25.0 Å². The second kappa shape index (κ2) is 3.07. The summed E-state index contributed by atoms with van der Waals surface area (Å²) in [6.45, 7) is 1.15. The topological polar surface area (TPSA) is 24.9 Å². The van der Waals surface area contributed by atoms with Crippen LogP contribution in [-0.2, 0) is 0 Å². The molecule has 2 aliphatic rings. The molecule has 1 aliphatic heterocycles. The van der Waals surface area contributed by atoms with Crippen LogP contribution in [0.5, 0.6) is 0 Å². The molecule has 1 aliphatic carbocycles. The molecule has 3 heteroatoms. The van der Waals surface area contributed by atoms with Crippen molar-refractivity contribution in [3.63, 3.8) is 0 Å². The van der Waals surface area contributed by atoms with Gasteiger partial charge in [0.25, 0.3) is 0 Å². The van der Waals surface area contributed by atoms with Crippen LogP contribution in [0, 0.1) is 5.92 Å². The lowest BCUT2D eigenvalue weighted by atomic mass is 9.89. The molecule has 2 nitrogen and oxygen atoms in total. The number of fused-ring (bicyclic) bond motifs is 1. The SMILES string of the molecule is Clc1cncc(C2=CC[C@@H]3CN[C@H]23)c1. The third kappa shape index (κ3) is 1.18. The molecule has 0 bridgehead atoms. The average molecular weight is 207 g/mol. The van der Waals surface area contributed by atoms with E-state index >= 15 is 0 Å². The van der Waals surface area contributed by atoms with Crippen molar-refractivity contribution in [3.05, 3.63) is 35.1 Å². The molecule has 1 fully saturated rings. The van der Waals surface area contributed by atoms with Gasteiger partial charge in [0.1, 0.15) is 0 Å². The van der Waals surface area contributed by atoms with E-state index in [1.807, 2.05) is 12.3 Å². The number of halogens is 1. The fraction of sp³-hybridized carbons (Fsp3) is 0.364. The highest BCUT2D eigenvalue weighted by Gasteiger charge is 2.37. The van der Waals surface area contributed by atoms with Crippen molar-refractivity contribution in [2.75, 3.05) is 6.54 Å². The maximum atomic E-state index is 5.92. The van der Waals surface area contributed by atoms with Gasteiger partial charge in [-0.15, -0.1) is 0 Å². The predicted molar refractivity (Wildman–Crippen MR) is 57.1 cm³/mol. The molecule has 72 valence electrons. The number of allylic oxidation sites excluding steroid dienone is 1. The first-order valence-corrected chi connectivity index (χ1v) is 5.27. The van der Waals surface area contributed by atoms with Crippen LogP contribution in [0.1, 0.15) is 12.0 Å². The van der Waals surface area contributed by atoms with Crippen LogP contribution < -0.4 is 5.32 Å². The van der Waals surface area contributed by atoms with Crippen molar-refractivity contribution < 1.29 is 0 Å². The number of pyridine rings is 1. The van der Waals surface area contributed by atoms with Gasteiger partial charge in [0.15, 0.2) is 0 Å². The van der Waals surface area contributed by atoms with Gasteiger partial charge in [-0.2, -0.15) is 0 Å². The molecule has 2 atom stereocenters. The molecular weight excluding hydrogens is 196 g/mol. The molecule has 0 radical (unpaired) electrons. The summed E-state index contributed by atoms with van der Waals surface area (Å²) < 4.78 is 0. The minimum Gasteiger partial charge on any atom is -0.309 e. The molecule has 1 saturated heterocycles. The number of hydrogen-bond acceptors (Lipinski definition) is 2. The Balaban J connectivity index is 1.95. The predicted octanol–water partition coefficient (Wildman–Crippen LogP) is 2.11. The smallest absolute Gasteiger partial charge is 0.0595 e. The summed E-state index contributed by atoms with van der Waals surface area (Å²) in [5.74, 6) is 0.809. The molecule has 14 heavy (non-hydrogen) atoms. The molecular formula is C11H11ClN2. The Kier molecular flexibility index (Phi) is 1.85. The van der Waals surface area contributed by atoms with Crippen LogP contribution in [-0.4, -0.2) is 17.6 Å². The van der Waals surface area contributed by atoms with Gasteiger partial charge in [-0.1, -0.05) is 17.7 Å².